The zero-order valence-electron chi connectivity index (χ0n) is 11.6. The largest absolute Gasteiger partial charge is 0.478 e. The molecule has 3 rings (SSSR count). The Morgan fingerprint density at radius 2 is 2.14 bits per heavy atom. The summed E-state index contributed by atoms with van der Waals surface area (Å²) in [5, 5.41) is 22.8. The summed E-state index contributed by atoms with van der Waals surface area (Å²) in [4.78, 5) is 15.6. The highest BCUT2D eigenvalue weighted by Gasteiger charge is 2.26. The van der Waals surface area contributed by atoms with Crippen LogP contribution in [0.1, 0.15) is 29.6 Å². The Morgan fingerprint density at radius 1 is 1.33 bits per heavy atom. The van der Waals surface area contributed by atoms with Gasteiger partial charge in [-0.25, -0.2) is 4.79 Å². The van der Waals surface area contributed by atoms with Crippen molar-refractivity contribution in [3.8, 4) is 0 Å². The van der Waals surface area contributed by atoms with E-state index < -0.39 is 5.97 Å². The predicted molar refractivity (Wildman–Crippen MR) is 80.5 cm³/mol. The first-order chi connectivity index (χ1) is 10.2. The van der Waals surface area contributed by atoms with Crippen LogP contribution in [0.2, 0.25) is 0 Å². The predicted octanol–water partition coefficient (Wildman–Crippen LogP) is 2.51. The fraction of sp³-hybridized carbons (Fsp3) is 0.375. The Bertz CT molecular complexity index is 672. The van der Waals surface area contributed by atoms with E-state index in [2.05, 4.69) is 10.3 Å². The number of nitrogens with zero attached hydrogens (tertiary/aromatic N) is 1. The van der Waals surface area contributed by atoms with Crippen molar-refractivity contribution < 1.29 is 15.0 Å². The molecule has 5 nitrogen and oxygen atoms in total. The number of hydrogen-bond acceptors (Lipinski definition) is 4. The third kappa shape index (κ3) is 2.69. The summed E-state index contributed by atoms with van der Waals surface area (Å²) in [5.41, 5.74) is 1.61. The highest BCUT2D eigenvalue weighted by atomic mass is 16.4. The topological polar surface area (TPSA) is 82.5 Å². The van der Waals surface area contributed by atoms with E-state index in [1.807, 2.05) is 24.3 Å². The normalized spacial score (nSPS) is 21.6. The Balaban J connectivity index is 1.99. The second-order valence-corrected chi connectivity index (χ2v) is 5.57. The molecule has 1 fully saturated rings. The van der Waals surface area contributed by atoms with Gasteiger partial charge in [-0.3, -0.25) is 4.98 Å². The number of aliphatic hydroxyl groups excluding tert-OH is 1. The van der Waals surface area contributed by atoms with Crippen molar-refractivity contribution in [2.45, 2.75) is 25.3 Å². The average Bonchev–Trinajstić information content (AvgIpc) is 2.95. The number of rotatable bonds is 4. The van der Waals surface area contributed by atoms with Crippen LogP contribution in [-0.2, 0) is 0 Å². The van der Waals surface area contributed by atoms with Gasteiger partial charge >= 0.3 is 5.97 Å². The number of aromatic carboxylic acids is 1. The molecule has 1 aromatic carbocycles. The number of nitrogens with one attached hydrogen (secondary N) is 1. The van der Waals surface area contributed by atoms with E-state index in [1.54, 1.807) is 0 Å². The van der Waals surface area contributed by atoms with Gasteiger partial charge in [0, 0.05) is 24.2 Å². The van der Waals surface area contributed by atoms with Gasteiger partial charge in [0.25, 0.3) is 0 Å². The first kappa shape index (κ1) is 13.8. The number of fused-ring (bicyclic) bond motifs is 1. The quantitative estimate of drug-likeness (QED) is 0.804. The van der Waals surface area contributed by atoms with Crippen LogP contribution in [0.25, 0.3) is 10.9 Å². The minimum Gasteiger partial charge on any atom is -0.478 e. The lowest BCUT2D eigenvalue weighted by Crippen LogP contribution is -2.19. The van der Waals surface area contributed by atoms with Crippen LogP contribution < -0.4 is 5.32 Å². The standard InChI is InChI=1S/C16H18N2O3/c19-9-10-5-6-11(7-10)18-15-12-3-1-2-4-14(12)17-8-13(15)16(20)21/h1-4,8,10-11,19H,5-7,9H2,(H,17,18)(H,20,21)/t10-,11+/m1/s1. The Kier molecular flexibility index (Phi) is 3.75. The summed E-state index contributed by atoms with van der Waals surface area (Å²) in [5.74, 6) is -0.670. The molecule has 0 saturated heterocycles. The second-order valence-electron chi connectivity index (χ2n) is 5.57. The van der Waals surface area contributed by atoms with Crippen molar-refractivity contribution in [2.24, 2.45) is 5.92 Å². The Labute approximate surface area is 122 Å². The van der Waals surface area contributed by atoms with E-state index in [0.29, 0.717) is 11.6 Å². The minimum absolute atomic E-state index is 0.195. The van der Waals surface area contributed by atoms with Crippen LogP contribution in [-0.4, -0.2) is 33.8 Å². The van der Waals surface area contributed by atoms with Crippen molar-refractivity contribution in [1.29, 1.82) is 0 Å². The summed E-state index contributed by atoms with van der Waals surface area (Å²) in [6.07, 6.45) is 4.19. The number of para-hydroxylation sites is 1. The van der Waals surface area contributed by atoms with E-state index in [9.17, 15) is 15.0 Å². The van der Waals surface area contributed by atoms with E-state index in [4.69, 9.17) is 0 Å². The lowest BCUT2D eigenvalue weighted by Gasteiger charge is -2.18. The number of hydrogen-bond donors (Lipinski definition) is 3. The van der Waals surface area contributed by atoms with Gasteiger partial charge in [-0.2, -0.15) is 0 Å². The van der Waals surface area contributed by atoms with Crippen LogP contribution in [0.3, 0.4) is 0 Å². The molecule has 2 aromatic rings. The summed E-state index contributed by atoms with van der Waals surface area (Å²) >= 11 is 0. The van der Waals surface area contributed by atoms with Crippen molar-refractivity contribution >= 4 is 22.6 Å². The van der Waals surface area contributed by atoms with Gasteiger partial charge in [-0.1, -0.05) is 18.2 Å². The molecule has 0 amide bonds. The summed E-state index contributed by atoms with van der Waals surface area (Å²) in [6, 6.07) is 7.72. The molecule has 0 spiro atoms. The molecular formula is C16H18N2O3. The lowest BCUT2D eigenvalue weighted by atomic mass is 10.1. The average molecular weight is 286 g/mol. The highest BCUT2D eigenvalue weighted by molar-refractivity contribution is 6.04. The van der Waals surface area contributed by atoms with Gasteiger partial charge in [0.2, 0.25) is 0 Å². The number of carboxylic acid groups (broad SMARTS) is 1. The molecule has 1 aromatic heterocycles. The molecule has 21 heavy (non-hydrogen) atoms. The second kappa shape index (κ2) is 5.69. The van der Waals surface area contributed by atoms with Crippen molar-refractivity contribution in [3.63, 3.8) is 0 Å². The highest BCUT2D eigenvalue weighted by Crippen LogP contribution is 2.32. The molecule has 1 heterocycles. The SMILES string of the molecule is O=C(O)c1cnc2ccccc2c1N[C@H]1CC[C@@H](CO)C1. The van der Waals surface area contributed by atoms with E-state index in [0.717, 1.165) is 30.2 Å². The summed E-state index contributed by atoms with van der Waals surface area (Å²) in [7, 11) is 0. The molecule has 0 unspecified atom stereocenters. The van der Waals surface area contributed by atoms with Crippen LogP contribution in [0.4, 0.5) is 5.69 Å². The number of pyridine rings is 1. The molecule has 0 aliphatic heterocycles. The van der Waals surface area contributed by atoms with Gasteiger partial charge in [-0.05, 0) is 31.2 Å². The number of carboxylic acids is 1. The number of aromatic nitrogens is 1. The lowest BCUT2D eigenvalue weighted by molar-refractivity contribution is 0.0697. The molecule has 1 aliphatic carbocycles. The number of aliphatic hydroxyl groups is 1. The molecular weight excluding hydrogens is 268 g/mol. The molecule has 1 saturated carbocycles. The maximum absolute atomic E-state index is 11.4. The first-order valence-electron chi connectivity index (χ1n) is 7.17. The third-order valence-electron chi connectivity index (χ3n) is 4.15. The van der Waals surface area contributed by atoms with E-state index >= 15 is 0 Å². The van der Waals surface area contributed by atoms with Crippen LogP contribution >= 0.6 is 0 Å². The van der Waals surface area contributed by atoms with Crippen LogP contribution in [0.15, 0.2) is 30.5 Å². The van der Waals surface area contributed by atoms with E-state index in [1.165, 1.54) is 6.20 Å². The molecule has 0 radical (unpaired) electrons. The Hall–Kier alpha value is -2.14. The first-order valence-corrected chi connectivity index (χ1v) is 7.17. The molecule has 3 N–H and O–H groups in total. The molecule has 2 atom stereocenters. The zero-order valence-corrected chi connectivity index (χ0v) is 11.6. The molecule has 0 bridgehead atoms. The minimum atomic E-state index is -0.979. The van der Waals surface area contributed by atoms with Gasteiger partial charge in [-0.15, -0.1) is 0 Å². The summed E-state index contributed by atoms with van der Waals surface area (Å²) in [6.45, 7) is 0.195. The van der Waals surface area contributed by atoms with E-state index in [-0.39, 0.29) is 18.2 Å². The summed E-state index contributed by atoms with van der Waals surface area (Å²) < 4.78 is 0. The van der Waals surface area contributed by atoms with Gasteiger partial charge < -0.3 is 15.5 Å². The number of anilines is 1. The maximum atomic E-state index is 11.4. The van der Waals surface area contributed by atoms with Gasteiger partial charge in [0.1, 0.15) is 5.56 Å². The van der Waals surface area contributed by atoms with Crippen LogP contribution in [0, 0.1) is 5.92 Å². The fourth-order valence-electron chi connectivity index (χ4n) is 3.04. The fourth-order valence-corrected chi connectivity index (χ4v) is 3.04. The Morgan fingerprint density at radius 3 is 2.86 bits per heavy atom. The molecule has 1 aliphatic rings. The van der Waals surface area contributed by atoms with Crippen molar-refractivity contribution in [2.75, 3.05) is 11.9 Å². The monoisotopic (exact) mass is 286 g/mol. The van der Waals surface area contributed by atoms with Crippen molar-refractivity contribution in [1.82, 2.24) is 4.98 Å². The maximum Gasteiger partial charge on any atom is 0.339 e. The molecule has 110 valence electrons. The zero-order chi connectivity index (χ0) is 14.8. The third-order valence-corrected chi connectivity index (χ3v) is 4.15. The van der Waals surface area contributed by atoms with Gasteiger partial charge in [0.15, 0.2) is 0 Å². The van der Waals surface area contributed by atoms with Crippen molar-refractivity contribution in [3.05, 3.63) is 36.0 Å². The van der Waals surface area contributed by atoms with Gasteiger partial charge in [0.05, 0.1) is 11.2 Å². The number of benzene rings is 1. The molecule has 5 heteroatoms. The van der Waals surface area contributed by atoms with Crippen LogP contribution in [0.5, 0.6) is 0 Å². The number of carbonyl (C=O) groups is 1. The smallest absolute Gasteiger partial charge is 0.339 e.